The molecular formula is C25H24FN5O2. The topological polar surface area (TPSA) is 81.9 Å². The van der Waals surface area contributed by atoms with Crippen molar-refractivity contribution in [3.63, 3.8) is 0 Å². The van der Waals surface area contributed by atoms with Crippen molar-refractivity contribution in [1.29, 1.82) is 0 Å². The third kappa shape index (κ3) is 5.23. The Morgan fingerprint density at radius 1 is 1.03 bits per heavy atom. The minimum atomic E-state index is -0.654. The first-order valence-corrected chi connectivity index (χ1v) is 10.5. The predicted molar refractivity (Wildman–Crippen MR) is 124 cm³/mol. The molecule has 0 aliphatic rings. The first-order valence-electron chi connectivity index (χ1n) is 10.5. The van der Waals surface area contributed by atoms with Crippen molar-refractivity contribution >= 4 is 12.0 Å². The maximum Gasteiger partial charge on any atom is 0.414 e. The van der Waals surface area contributed by atoms with Gasteiger partial charge in [0.2, 0.25) is 5.95 Å². The molecule has 0 fully saturated rings. The first-order chi connectivity index (χ1) is 15.8. The fraction of sp³-hybridized carbons (Fsp3) is 0.200. The van der Waals surface area contributed by atoms with Gasteiger partial charge in [0.1, 0.15) is 12.4 Å². The van der Waals surface area contributed by atoms with Gasteiger partial charge in [-0.3, -0.25) is 5.32 Å². The normalized spacial score (nSPS) is 11.3. The molecule has 2 heterocycles. The number of ether oxygens (including phenoxy) is 1. The number of anilines is 1. The van der Waals surface area contributed by atoms with Crippen molar-refractivity contribution in [1.82, 2.24) is 19.5 Å². The van der Waals surface area contributed by atoms with Crippen LogP contribution in [0.25, 0.3) is 22.6 Å². The summed E-state index contributed by atoms with van der Waals surface area (Å²) in [6, 6.07) is 17.3. The van der Waals surface area contributed by atoms with E-state index in [-0.39, 0.29) is 23.9 Å². The largest absolute Gasteiger partial charge is 0.444 e. The number of hydrogen-bond donors (Lipinski definition) is 1. The SMILES string of the molecule is CC(C)(C)n1cnc(-c2ccc(F)cc2)c1-c1ccnc(NC(=O)OCc2ccccc2)n1. The van der Waals surface area contributed by atoms with Crippen LogP contribution in [0, 0.1) is 5.82 Å². The second kappa shape index (κ2) is 9.20. The fourth-order valence-electron chi connectivity index (χ4n) is 3.32. The number of nitrogens with zero attached hydrogens (tertiary/aromatic N) is 4. The maximum absolute atomic E-state index is 13.5. The van der Waals surface area contributed by atoms with Crippen LogP contribution in [0.5, 0.6) is 0 Å². The molecule has 168 valence electrons. The van der Waals surface area contributed by atoms with Crippen molar-refractivity contribution in [2.24, 2.45) is 0 Å². The summed E-state index contributed by atoms with van der Waals surface area (Å²) in [6.07, 6.45) is 2.64. The first kappa shape index (κ1) is 22.1. The molecule has 0 saturated carbocycles. The van der Waals surface area contributed by atoms with Gasteiger partial charge in [-0.05, 0) is 56.7 Å². The highest BCUT2D eigenvalue weighted by atomic mass is 19.1. The molecule has 0 aliphatic heterocycles. The van der Waals surface area contributed by atoms with Gasteiger partial charge in [0, 0.05) is 17.3 Å². The number of nitrogens with one attached hydrogen (secondary N) is 1. The van der Waals surface area contributed by atoms with Gasteiger partial charge < -0.3 is 9.30 Å². The highest BCUT2D eigenvalue weighted by Crippen LogP contribution is 2.34. The molecule has 1 N–H and O–H groups in total. The molecule has 2 aromatic heterocycles. The van der Waals surface area contributed by atoms with Gasteiger partial charge in [0.15, 0.2) is 0 Å². The van der Waals surface area contributed by atoms with E-state index in [1.54, 1.807) is 30.7 Å². The van der Waals surface area contributed by atoms with Crippen LogP contribution in [0.4, 0.5) is 15.1 Å². The number of halogens is 1. The van der Waals surface area contributed by atoms with E-state index in [2.05, 4.69) is 20.3 Å². The van der Waals surface area contributed by atoms with E-state index in [1.165, 1.54) is 12.1 Å². The Hall–Kier alpha value is -4.07. The number of carbonyl (C=O) groups is 1. The Morgan fingerprint density at radius 2 is 1.76 bits per heavy atom. The van der Waals surface area contributed by atoms with Crippen LogP contribution in [0.2, 0.25) is 0 Å². The van der Waals surface area contributed by atoms with E-state index >= 15 is 0 Å². The molecule has 4 aromatic rings. The number of amides is 1. The van der Waals surface area contributed by atoms with Crippen LogP contribution >= 0.6 is 0 Å². The number of imidazole rings is 1. The number of aromatic nitrogens is 4. The molecular weight excluding hydrogens is 421 g/mol. The van der Waals surface area contributed by atoms with Crippen LogP contribution in [0.1, 0.15) is 26.3 Å². The minimum Gasteiger partial charge on any atom is -0.444 e. The van der Waals surface area contributed by atoms with E-state index in [1.807, 2.05) is 55.7 Å². The Kier molecular flexibility index (Phi) is 6.17. The van der Waals surface area contributed by atoms with Crippen molar-refractivity contribution in [2.45, 2.75) is 32.9 Å². The average Bonchev–Trinajstić information content (AvgIpc) is 3.25. The van der Waals surface area contributed by atoms with Crippen LogP contribution in [-0.2, 0) is 16.9 Å². The summed E-state index contributed by atoms with van der Waals surface area (Å²) in [4.78, 5) is 25.5. The molecule has 33 heavy (non-hydrogen) atoms. The molecule has 0 unspecified atom stereocenters. The second-order valence-electron chi connectivity index (χ2n) is 8.44. The number of rotatable bonds is 5. The highest BCUT2D eigenvalue weighted by molar-refractivity contribution is 5.83. The number of carbonyl (C=O) groups excluding carboxylic acids is 1. The zero-order valence-corrected chi connectivity index (χ0v) is 18.6. The molecule has 0 saturated heterocycles. The number of hydrogen-bond acceptors (Lipinski definition) is 5. The zero-order valence-electron chi connectivity index (χ0n) is 18.6. The molecule has 0 aliphatic carbocycles. The molecule has 4 rings (SSSR count). The predicted octanol–water partition coefficient (Wildman–Crippen LogP) is 5.65. The quantitative estimate of drug-likeness (QED) is 0.429. The maximum atomic E-state index is 13.5. The smallest absolute Gasteiger partial charge is 0.414 e. The van der Waals surface area contributed by atoms with Crippen LogP contribution < -0.4 is 5.32 Å². The van der Waals surface area contributed by atoms with Crippen LogP contribution in [0.3, 0.4) is 0 Å². The molecule has 1 amide bonds. The van der Waals surface area contributed by atoms with E-state index in [4.69, 9.17) is 4.74 Å². The summed E-state index contributed by atoms with van der Waals surface area (Å²) in [5, 5.41) is 2.58. The van der Waals surface area contributed by atoms with E-state index in [0.29, 0.717) is 11.4 Å². The van der Waals surface area contributed by atoms with Gasteiger partial charge in [0.25, 0.3) is 0 Å². The fourth-order valence-corrected chi connectivity index (χ4v) is 3.32. The monoisotopic (exact) mass is 445 g/mol. The Labute approximate surface area is 191 Å². The van der Waals surface area contributed by atoms with E-state index in [9.17, 15) is 9.18 Å². The third-order valence-corrected chi connectivity index (χ3v) is 4.93. The van der Waals surface area contributed by atoms with Crippen LogP contribution in [-0.4, -0.2) is 25.6 Å². The van der Waals surface area contributed by atoms with E-state index < -0.39 is 6.09 Å². The number of benzene rings is 2. The summed E-state index contributed by atoms with van der Waals surface area (Å²) in [6.45, 7) is 6.29. The minimum absolute atomic E-state index is 0.109. The van der Waals surface area contributed by atoms with Crippen molar-refractivity contribution in [3.05, 3.63) is 84.6 Å². The Bertz CT molecular complexity index is 1250. The van der Waals surface area contributed by atoms with Gasteiger partial charge in [-0.25, -0.2) is 24.1 Å². The highest BCUT2D eigenvalue weighted by Gasteiger charge is 2.24. The van der Waals surface area contributed by atoms with Gasteiger partial charge in [-0.1, -0.05) is 30.3 Å². The molecule has 2 aromatic carbocycles. The lowest BCUT2D eigenvalue weighted by molar-refractivity contribution is 0.155. The molecule has 8 heteroatoms. The molecule has 0 atom stereocenters. The Morgan fingerprint density at radius 3 is 2.45 bits per heavy atom. The van der Waals surface area contributed by atoms with Crippen molar-refractivity contribution in [3.8, 4) is 22.6 Å². The summed E-state index contributed by atoms with van der Waals surface area (Å²) < 4.78 is 20.7. The summed E-state index contributed by atoms with van der Waals surface area (Å²) in [5.74, 6) is -0.213. The molecule has 0 spiro atoms. The second-order valence-corrected chi connectivity index (χ2v) is 8.44. The molecule has 0 radical (unpaired) electrons. The third-order valence-electron chi connectivity index (χ3n) is 4.93. The summed E-state index contributed by atoms with van der Waals surface area (Å²) in [5.41, 5.74) is 3.28. The zero-order chi connectivity index (χ0) is 23.4. The van der Waals surface area contributed by atoms with Crippen molar-refractivity contribution < 1.29 is 13.9 Å². The Balaban J connectivity index is 1.62. The molecule has 0 bridgehead atoms. The van der Waals surface area contributed by atoms with Gasteiger partial charge in [0.05, 0.1) is 23.4 Å². The van der Waals surface area contributed by atoms with E-state index in [0.717, 1.165) is 16.8 Å². The lowest BCUT2D eigenvalue weighted by Gasteiger charge is -2.24. The standard InChI is InChI=1S/C25H24FN5O2/c1-25(2,3)31-16-28-21(18-9-11-19(26)12-10-18)22(31)20-13-14-27-23(29-20)30-24(32)33-15-17-7-5-4-6-8-17/h4-14,16H,15H2,1-3H3,(H,27,29,30,32). The average molecular weight is 445 g/mol. The lowest BCUT2D eigenvalue weighted by Crippen LogP contribution is -2.22. The van der Waals surface area contributed by atoms with Gasteiger partial charge in [-0.2, -0.15) is 0 Å². The van der Waals surface area contributed by atoms with Gasteiger partial charge >= 0.3 is 6.09 Å². The summed E-state index contributed by atoms with van der Waals surface area (Å²) >= 11 is 0. The molecule has 7 nitrogen and oxygen atoms in total. The van der Waals surface area contributed by atoms with Gasteiger partial charge in [-0.15, -0.1) is 0 Å². The summed E-state index contributed by atoms with van der Waals surface area (Å²) in [7, 11) is 0. The van der Waals surface area contributed by atoms with Crippen LogP contribution in [0.15, 0.2) is 73.2 Å². The lowest BCUT2D eigenvalue weighted by atomic mass is 10.0. The van der Waals surface area contributed by atoms with Crippen molar-refractivity contribution in [2.75, 3.05) is 5.32 Å².